The lowest BCUT2D eigenvalue weighted by Crippen LogP contribution is -2.45. The van der Waals surface area contributed by atoms with Gasteiger partial charge in [-0.05, 0) is 60.5 Å². The van der Waals surface area contributed by atoms with Crippen LogP contribution in [-0.4, -0.2) is 61.1 Å². The fraction of sp³-hybridized carbons (Fsp3) is 0.417. The molecule has 2 aliphatic heterocycles. The Labute approximate surface area is 197 Å². The van der Waals surface area contributed by atoms with Crippen LogP contribution in [0, 0.1) is 0 Å². The average Bonchev–Trinajstić information content (AvgIpc) is 3.21. The molecule has 1 fully saturated rings. The van der Waals surface area contributed by atoms with Gasteiger partial charge in [0.25, 0.3) is 0 Å². The van der Waals surface area contributed by atoms with Gasteiger partial charge >= 0.3 is 6.03 Å². The number of ether oxygens (including phenoxy) is 1. The van der Waals surface area contributed by atoms with Crippen molar-refractivity contribution in [1.82, 2.24) is 9.80 Å². The maximum absolute atomic E-state index is 13.2. The number of hydrogen-bond acceptors (Lipinski definition) is 4. The summed E-state index contributed by atoms with van der Waals surface area (Å²) in [6, 6.07) is 12.5. The zero-order chi connectivity index (χ0) is 22.8. The minimum atomic E-state index is -0.602. The van der Waals surface area contributed by atoms with Gasteiger partial charge < -0.3 is 25.2 Å². The molecule has 0 aromatic heterocycles. The van der Waals surface area contributed by atoms with E-state index in [1.54, 1.807) is 12.0 Å². The van der Waals surface area contributed by atoms with E-state index >= 15 is 0 Å². The third-order valence-corrected chi connectivity index (χ3v) is 6.75. The van der Waals surface area contributed by atoms with Crippen molar-refractivity contribution in [2.45, 2.75) is 38.0 Å². The lowest BCUT2D eigenvalue weighted by Gasteiger charge is -2.30. The quantitative estimate of drug-likeness (QED) is 0.657. The maximum atomic E-state index is 13.2. The molecule has 2 aliphatic rings. The van der Waals surface area contributed by atoms with Crippen LogP contribution < -0.4 is 10.6 Å². The number of nitrogens with zero attached hydrogens (tertiary/aromatic N) is 2. The summed E-state index contributed by atoms with van der Waals surface area (Å²) in [5.74, 6) is 0.203. The number of carbonyl (C=O) groups is 2. The van der Waals surface area contributed by atoms with Gasteiger partial charge in [0.05, 0.1) is 6.10 Å². The number of amides is 3. The van der Waals surface area contributed by atoms with Crippen molar-refractivity contribution in [2.24, 2.45) is 0 Å². The third-order valence-electron chi connectivity index (χ3n) is 6.23. The summed E-state index contributed by atoms with van der Waals surface area (Å²) in [6.45, 7) is 4.47. The van der Waals surface area contributed by atoms with E-state index in [9.17, 15) is 9.59 Å². The molecule has 2 heterocycles. The van der Waals surface area contributed by atoms with Crippen molar-refractivity contribution in [1.29, 1.82) is 0 Å². The monoisotopic (exact) mass is 500 g/mol. The van der Waals surface area contributed by atoms with E-state index in [4.69, 9.17) is 4.74 Å². The Morgan fingerprint density at radius 1 is 1.06 bits per heavy atom. The normalized spacial score (nSPS) is 23.0. The van der Waals surface area contributed by atoms with Gasteiger partial charge in [-0.25, -0.2) is 4.79 Å². The largest absolute Gasteiger partial charge is 0.380 e. The molecule has 2 aromatic rings. The first-order valence-corrected chi connectivity index (χ1v) is 11.6. The Morgan fingerprint density at radius 2 is 1.78 bits per heavy atom. The molecule has 0 radical (unpaired) electrons. The zero-order valence-corrected chi connectivity index (χ0v) is 20.2. The Balaban J connectivity index is 1.48. The van der Waals surface area contributed by atoms with Gasteiger partial charge in [0.2, 0.25) is 5.91 Å². The lowest BCUT2D eigenvalue weighted by atomic mass is 9.91. The van der Waals surface area contributed by atoms with E-state index in [2.05, 4.69) is 57.6 Å². The van der Waals surface area contributed by atoms with E-state index in [0.717, 1.165) is 23.2 Å². The van der Waals surface area contributed by atoms with E-state index < -0.39 is 6.04 Å². The van der Waals surface area contributed by atoms with Crippen LogP contribution in [0.15, 0.2) is 46.9 Å². The Hall–Kier alpha value is -2.42. The summed E-state index contributed by atoms with van der Waals surface area (Å²) in [5.41, 5.74) is 4.00. The van der Waals surface area contributed by atoms with Gasteiger partial charge in [-0.3, -0.25) is 4.79 Å². The van der Waals surface area contributed by atoms with Gasteiger partial charge in [-0.1, -0.05) is 28.9 Å². The molecular weight excluding hydrogens is 472 g/mol. The average molecular weight is 501 g/mol. The molecule has 2 N–H and O–H groups in total. The lowest BCUT2D eigenvalue weighted by molar-refractivity contribution is -0.119. The van der Waals surface area contributed by atoms with Crippen molar-refractivity contribution in [2.75, 3.05) is 37.9 Å². The van der Waals surface area contributed by atoms with Crippen molar-refractivity contribution < 1.29 is 14.3 Å². The first-order chi connectivity index (χ1) is 15.3. The first-order valence-electron chi connectivity index (χ1n) is 10.8. The maximum Gasteiger partial charge on any atom is 0.322 e. The summed E-state index contributed by atoms with van der Waals surface area (Å²) in [7, 11) is 3.73. The van der Waals surface area contributed by atoms with Gasteiger partial charge in [-0.15, -0.1) is 0 Å². The second-order valence-electron chi connectivity index (χ2n) is 8.70. The minimum Gasteiger partial charge on any atom is -0.380 e. The molecule has 8 heteroatoms. The predicted molar refractivity (Wildman–Crippen MR) is 129 cm³/mol. The molecular formula is C24H29BrN4O3. The number of fused-ring (bicyclic) bond motifs is 1. The number of hydrogen-bond donors (Lipinski definition) is 2. The number of rotatable bonds is 4. The number of likely N-dealkylation sites (tertiary alicyclic amines) is 1. The summed E-state index contributed by atoms with van der Waals surface area (Å²) in [6.07, 6.45) is 0.280. The highest BCUT2D eigenvalue weighted by Gasteiger charge is 2.40. The molecule has 2 aromatic carbocycles. The van der Waals surface area contributed by atoms with Gasteiger partial charge in [-0.2, -0.15) is 0 Å². The summed E-state index contributed by atoms with van der Waals surface area (Å²) in [4.78, 5) is 30.0. The van der Waals surface area contributed by atoms with Crippen molar-refractivity contribution in [3.63, 3.8) is 0 Å². The third kappa shape index (κ3) is 4.98. The van der Waals surface area contributed by atoms with Crippen molar-refractivity contribution in [3.8, 4) is 0 Å². The molecule has 0 aliphatic carbocycles. The second kappa shape index (κ2) is 9.60. The number of likely N-dealkylation sites (N-methyl/N-ethyl adjacent to an activating group) is 1. The van der Waals surface area contributed by atoms with Gasteiger partial charge in [0.1, 0.15) is 6.04 Å². The zero-order valence-electron chi connectivity index (χ0n) is 18.6. The van der Waals surface area contributed by atoms with Crippen LogP contribution >= 0.6 is 15.9 Å². The summed E-state index contributed by atoms with van der Waals surface area (Å²) >= 11 is 3.39. The number of carbonyl (C=O) groups excluding carboxylic acids is 2. The Bertz CT molecular complexity index is 997. The van der Waals surface area contributed by atoms with E-state index in [1.165, 1.54) is 11.1 Å². The molecule has 3 unspecified atom stereocenters. The van der Waals surface area contributed by atoms with Crippen LogP contribution in [0.2, 0.25) is 0 Å². The van der Waals surface area contributed by atoms with Crippen LogP contribution in [0.3, 0.4) is 0 Å². The predicted octanol–water partition coefficient (Wildman–Crippen LogP) is 4.26. The summed E-state index contributed by atoms with van der Waals surface area (Å²) in [5, 5.41) is 5.91. The number of benzene rings is 2. The fourth-order valence-corrected chi connectivity index (χ4v) is 4.86. The molecule has 0 saturated carbocycles. The Morgan fingerprint density at radius 3 is 2.50 bits per heavy atom. The van der Waals surface area contributed by atoms with Gasteiger partial charge in [0.15, 0.2) is 0 Å². The molecule has 4 rings (SSSR count). The first kappa shape index (κ1) is 22.8. The molecule has 0 bridgehead atoms. The second-order valence-corrected chi connectivity index (χ2v) is 9.61. The number of halogens is 1. The van der Waals surface area contributed by atoms with Crippen molar-refractivity contribution >= 4 is 39.2 Å². The SMILES string of the molecule is COC1CC(C(=O)Nc2ccc3c(c2)C(C)CN(C)C3)N(C(=O)Nc2ccc(Br)cc2)C1. The smallest absolute Gasteiger partial charge is 0.322 e. The molecule has 1 saturated heterocycles. The minimum absolute atomic E-state index is 0.180. The fourth-order valence-electron chi connectivity index (χ4n) is 4.59. The van der Waals surface area contributed by atoms with Crippen LogP contribution in [0.5, 0.6) is 0 Å². The Kier molecular flexibility index (Phi) is 6.83. The van der Waals surface area contributed by atoms with E-state index in [1.807, 2.05) is 30.3 Å². The number of methoxy groups -OCH3 is 1. The van der Waals surface area contributed by atoms with E-state index in [-0.39, 0.29) is 18.0 Å². The number of nitrogens with one attached hydrogen (secondary N) is 2. The topological polar surface area (TPSA) is 73.9 Å². The molecule has 7 nitrogen and oxygen atoms in total. The molecule has 32 heavy (non-hydrogen) atoms. The highest BCUT2D eigenvalue weighted by molar-refractivity contribution is 9.10. The molecule has 3 amide bonds. The highest BCUT2D eigenvalue weighted by atomic mass is 79.9. The summed E-state index contributed by atoms with van der Waals surface area (Å²) < 4.78 is 6.40. The molecule has 0 spiro atoms. The van der Waals surface area contributed by atoms with Crippen LogP contribution in [0.1, 0.15) is 30.4 Å². The van der Waals surface area contributed by atoms with Crippen LogP contribution in [0.25, 0.3) is 0 Å². The van der Waals surface area contributed by atoms with E-state index in [0.29, 0.717) is 24.6 Å². The highest BCUT2D eigenvalue weighted by Crippen LogP contribution is 2.30. The number of urea groups is 1. The van der Waals surface area contributed by atoms with Crippen LogP contribution in [-0.2, 0) is 16.1 Å². The molecule has 170 valence electrons. The number of anilines is 2. The molecule has 3 atom stereocenters. The van der Waals surface area contributed by atoms with Gasteiger partial charge in [0, 0.05) is 49.0 Å². The standard InChI is InChI=1S/C24H29BrN4O3/c1-15-12-28(2)13-16-4-7-19(10-21(15)16)26-23(30)22-11-20(32-3)14-29(22)24(31)27-18-8-5-17(25)6-9-18/h4-10,15,20,22H,11-14H2,1-3H3,(H,26,30)(H,27,31). The van der Waals surface area contributed by atoms with Crippen LogP contribution in [0.4, 0.5) is 16.2 Å². The van der Waals surface area contributed by atoms with Crippen molar-refractivity contribution in [3.05, 3.63) is 58.1 Å².